The van der Waals surface area contributed by atoms with Gasteiger partial charge in [-0.1, -0.05) is 37.3 Å². The lowest BCUT2D eigenvalue weighted by Gasteiger charge is -2.13. The van der Waals surface area contributed by atoms with E-state index >= 15 is 0 Å². The molecule has 3 aromatic rings. The highest BCUT2D eigenvalue weighted by Gasteiger charge is 2.44. The average molecular weight is 554 g/mol. The maximum Gasteiger partial charge on any atom is 0.497 e. The van der Waals surface area contributed by atoms with Gasteiger partial charge in [-0.25, -0.2) is 13.4 Å². The lowest BCUT2D eigenvalue weighted by Crippen LogP contribution is -2.31. The quantitative estimate of drug-likeness (QED) is 0.279. The van der Waals surface area contributed by atoms with Crippen LogP contribution in [0.5, 0.6) is 5.75 Å². The molecule has 0 spiro atoms. The normalized spacial score (nSPS) is 12.2. The predicted molar refractivity (Wildman–Crippen MR) is 137 cm³/mol. The zero-order valence-electron chi connectivity index (χ0n) is 21.6. The van der Waals surface area contributed by atoms with Crippen LogP contribution in [0.1, 0.15) is 59.3 Å². The molecule has 8 nitrogen and oxygen atoms in total. The largest absolute Gasteiger partial charge is 0.497 e. The van der Waals surface area contributed by atoms with Crippen LogP contribution < -0.4 is 10.1 Å². The van der Waals surface area contributed by atoms with Crippen molar-refractivity contribution >= 4 is 32.6 Å². The van der Waals surface area contributed by atoms with Gasteiger partial charge < -0.3 is 14.6 Å². The van der Waals surface area contributed by atoms with Gasteiger partial charge in [0.05, 0.1) is 17.2 Å². The number of nitrogens with zero attached hydrogens (tertiary/aromatic N) is 2. The van der Waals surface area contributed by atoms with Gasteiger partial charge in [-0.3, -0.25) is 9.59 Å². The van der Waals surface area contributed by atoms with Crippen LogP contribution in [-0.4, -0.2) is 53.6 Å². The van der Waals surface area contributed by atoms with E-state index in [0.29, 0.717) is 34.3 Å². The fraction of sp³-hybridized carbons (Fsp3) is 0.423. The standard InChI is InChI=1S/C26H30F3N3O5S/c1-5-20-18(15-21(33)17-10-7-6-8-11-17)14-19-23(37-16(2)3)22(32(4)24(19)31-20)25(34)30-12-9-13-38(35,36)26(27,28)29/h6-8,10-11,14,16H,5,9,12-13,15H2,1-4H3,(H,30,34). The summed E-state index contributed by atoms with van der Waals surface area (Å²) < 4.78 is 67.8. The molecular formula is C26H30F3N3O5S. The fourth-order valence-corrected chi connectivity index (χ4v) is 4.78. The van der Waals surface area contributed by atoms with Crippen molar-refractivity contribution in [1.29, 1.82) is 0 Å². The van der Waals surface area contributed by atoms with E-state index < -0.39 is 33.4 Å². The SMILES string of the molecule is CCc1nc2c(cc1CC(=O)c1ccccc1)c(OC(C)C)c(C(=O)NCCCS(=O)(=O)C(F)(F)F)n2C. The number of carbonyl (C=O) groups excluding carboxylic acids is 2. The van der Waals surface area contributed by atoms with Gasteiger partial charge in [-0.2, -0.15) is 13.2 Å². The van der Waals surface area contributed by atoms with Crippen LogP contribution in [0.25, 0.3) is 11.0 Å². The molecule has 0 bridgehead atoms. The van der Waals surface area contributed by atoms with Gasteiger partial charge in [-0.05, 0) is 38.3 Å². The van der Waals surface area contributed by atoms with E-state index in [-0.39, 0.29) is 36.3 Å². The van der Waals surface area contributed by atoms with Crippen molar-refractivity contribution in [3.05, 3.63) is 58.9 Å². The molecule has 0 saturated carbocycles. The van der Waals surface area contributed by atoms with Gasteiger partial charge in [0, 0.05) is 31.3 Å². The molecule has 0 aliphatic rings. The van der Waals surface area contributed by atoms with E-state index in [0.717, 1.165) is 0 Å². The Morgan fingerprint density at radius 2 is 1.82 bits per heavy atom. The smallest absolute Gasteiger partial charge is 0.488 e. The number of fused-ring (bicyclic) bond motifs is 1. The number of pyridine rings is 1. The van der Waals surface area contributed by atoms with Crippen LogP contribution in [0.3, 0.4) is 0 Å². The van der Waals surface area contributed by atoms with Crippen molar-refractivity contribution in [2.75, 3.05) is 12.3 Å². The highest BCUT2D eigenvalue weighted by Crippen LogP contribution is 2.34. The second-order valence-corrected chi connectivity index (χ2v) is 11.2. The lowest BCUT2D eigenvalue weighted by molar-refractivity contribution is -0.0435. The Bertz CT molecular complexity index is 1430. The Labute approximate surface area is 219 Å². The van der Waals surface area contributed by atoms with Crippen molar-refractivity contribution < 1.29 is 35.9 Å². The second-order valence-electron chi connectivity index (χ2n) is 9.06. The van der Waals surface area contributed by atoms with E-state index in [4.69, 9.17) is 9.72 Å². The van der Waals surface area contributed by atoms with Gasteiger partial charge in [0.2, 0.25) is 9.84 Å². The van der Waals surface area contributed by atoms with Crippen LogP contribution in [0, 0.1) is 0 Å². The van der Waals surface area contributed by atoms with E-state index in [2.05, 4.69) is 5.32 Å². The van der Waals surface area contributed by atoms with Crippen molar-refractivity contribution in [2.24, 2.45) is 7.05 Å². The number of hydrogen-bond donors (Lipinski definition) is 1. The van der Waals surface area contributed by atoms with Crippen LogP contribution >= 0.6 is 0 Å². The zero-order chi connectivity index (χ0) is 28.3. The van der Waals surface area contributed by atoms with E-state index in [1.54, 1.807) is 51.2 Å². The summed E-state index contributed by atoms with van der Waals surface area (Å²) in [4.78, 5) is 30.7. The van der Waals surface area contributed by atoms with E-state index in [1.807, 2.05) is 13.0 Å². The van der Waals surface area contributed by atoms with Crippen LogP contribution in [0.4, 0.5) is 13.2 Å². The summed E-state index contributed by atoms with van der Waals surface area (Å²) in [6, 6.07) is 10.6. The van der Waals surface area contributed by atoms with Crippen LogP contribution in [0.15, 0.2) is 36.4 Å². The first kappa shape index (κ1) is 29.2. The van der Waals surface area contributed by atoms with Crippen molar-refractivity contribution in [2.45, 2.75) is 51.6 Å². The van der Waals surface area contributed by atoms with E-state index in [1.165, 1.54) is 4.57 Å². The number of alkyl halides is 3. The number of hydrogen-bond acceptors (Lipinski definition) is 6. The Hall–Kier alpha value is -3.41. The lowest BCUT2D eigenvalue weighted by atomic mass is 10.00. The van der Waals surface area contributed by atoms with Crippen molar-refractivity contribution in [1.82, 2.24) is 14.9 Å². The molecule has 1 N–H and O–H groups in total. The molecule has 2 heterocycles. The minimum atomic E-state index is -5.34. The number of ether oxygens (including phenoxy) is 1. The maximum absolute atomic E-state index is 13.1. The molecule has 0 aliphatic carbocycles. The zero-order valence-corrected chi connectivity index (χ0v) is 22.4. The monoisotopic (exact) mass is 553 g/mol. The number of Topliss-reactive ketones (excluding diaryl/α,β-unsaturated/α-hetero) is 1. The summed E-state index contributed by atoms with van der Waals surface area (Å²) in [6.45, 7) is 5.16. The number of aryl methyl sites for hydroxylation is 2. The molecule has 3 rings (SSSR count). The first-order chi connectivity index (χ1) is 17.8. The number of halogens is 3. The molecule has 12 heteroatoms. The third-order valence-corrected chi connectivity index (χ3v) is 7.39. The molecule has 0 radical (unpaired) electrons. The molecule has 1 amide bonds. The third kappa shape index (κ3) is 6.35. The van der Waals surface area contributed by atoms with Gasteiger partial charge in [0.1, 0.15) is 5.65 Å². The molecule has 0 fully saturated rings. The number of aromatic nitrogens is 2. The molecule has 206 valence electrons. The Morgan fingerprint density at radius 3 is 2.39 bits per heavy atom. The van der Waals surface area contributed by atoms with Crippen LogP contribution in [0.2, 0.25) is 0 Å². The highest BCUT2D eigenvalue weighted by atomic mass is 32.2. The summed E-state index contributed by atoms with van der Waals surface area (Å²) in [7, 11) is -3.66. The summed E-state index contributed by atoms with van der Waals surface area (Å²) >= 11 is 0. The number of benzene rings is 1. The van der Waals surface area contributed by atoms with E-state index in [9.17, 15) is 31.2 Å². The Morgan fingerprint density at radius 1 is 1.16 bits per heavy atom. The summed E-state index contributed by atoms with van der Waals surface area (Å²) in [6.07, 6.45) is -0.110. The molecule has 0 unspecified atom stereocenters. The minimum Gasteiger partial charge on any atom is -0.488 e. The van der Waals surface area contributed by atoms with Gasteiger partial charge in [-0.15, -0.1) is 0 Å². The third-order valence-electron chi connectivity index (χ3n) is 5.86. The number of carbonyl (C=O) groups is 2. The maximum atomic E-state index is 13.1. The van der Waals surface area contributed by atoms with Crippen LogP contribution in [-0.2, 0) is 29.7 Å². The Kier molecular flexibility index (Phi) is 8.86. The number of sulfone groups is 1. The molecule has 0 atom stereocenters. The summed E-state index contributed by atoms with van der Waals surface area (Å²) in [5.41, 5.74) is -2.87. The van der Waals surface area contributed by atoms with Gasteiger partial charge >= 0.3 is 5.51 Å². The van der Waals surface area contributed by atoms with Crippen molar-refractivity contribution in [3.8, 4) is 5.75 Å². The summed E-state index contributed by atoms with van der Waals surface area (Å²) in [5, 5.41) is 2.99. The summed E-state index contributed by atoms with van der Waals surface area (Å²) in [5.74, 6) is -1.65. The molecule has 38 heavy (non-hydrogen) atoms. The van der Waals surface area contributed by atoms with Gasteiger partial charge in [0.25, 0.3) is 5.91 Å². The Balaban J connectivity index is 1.94. The first-order valence-corrected chi connectivity index (χ1v) is 13.7. The minimum absolute atomic E-state index is 0.0875. The van der Waals surface area contributed by atoms with Crippen molar-refractivity contribution in [3.63, 3.8) is 0 Å². The average Bonchev–Trinajstić information content (AvgIpc) is 3.10. The van der Waals surface area contributed by atoms with Gasteiger partial charge in [0.15, 0.2) is 17.2 Å². The molecule has 2 aromatic heterocycles. The first-order valence-electron chi connectivity index (χ1n) is 12.1. The molecule has 0 saturated heterocycles. The fourth-order valence-electron chi connectivity index (χ4n) is 4.02. The highest BCUT2D eigenvalue weighted by molar-refractivity contribution is 7.92. The molecule has 0 aliphatic heterocycles. The number of nitrogens with one attached hydrogen (secondary N) is 1. The topological polar surface area (TPSA) is 107 Å². The number of amides is 1. The number of ketones is 1. The predicted octanol–water partition coefficient (Wildman–Crippen LogP) is 4.40. The number of rotatable bonds is 11. The second kappa shape index (κ2) is 11.5. The molecule has 1 aromatic carbocycles. The molecular weight excluding hydrogens is 523 g/mol.